The van der Waals surface area contributed by atoms with Gasteiger partial charge in [0.15, 0.2) is 22.6 Å². The van der Waals surface area contributed by atoms with Crippen molar-refractivity contribution in [1.29, 1.82) is 0 Å². The predicted octanol–water partition coefficient (Wildman–Crippen LogP) is 3.48. The van der Waals surface area contributed by atoms with Crippen LogP contribution >= 0.6 is 11.8 Å². The van der Waals surface area contributed by atoms with E-state index in [2.05, 4.69) is 15.3 Å². The number of amides is 1. The zero-order valence-electron chi connectivity index (χ0n) is 14.8. The quantitative estimate of drug-likeness (QED) is 0.448. The van der Waals surface area contributed by atoms with Crippen molar-refractivity contribution in [3.8, 4) is 0 Å². The molecular weight excluding hydrogens is 386 g/mol. The van der Waals surface area contributed by atoms with E-state index in [1.807, 2.05) is 31.2 Å². The minimum atomic E-state index is -1.17. The third kappa shape index (κ3) is 4.37. The van der Waals surface area contributed by atoms with Gasteiger partial charge in [-0.2, -0.15) is 0 Å². The van der Waals surface area contributed by atoms with E-state index in [1.54, 1.807) is 0 Å². The number of nitrogens with zero attached hydrogens (tertiary/aromatic N) is 1. The molecule has 1 heterocycles. The highest BCUT2D eigenvalue weighted by Crippen LogP contribution is 2.23. The lowest BCUT2D eigenvalue weighted by atomic mass is 10.1. The smallest absolute Gasteiger partial charge is 0.277 e. The molecule has 3 aromatic rings. The first-order valence-electron chi connectivity index (χ1n) is 8.18. The van der Waals surface area contributed by atoms with Gasteiger partial charge in [-0.25, -0.2) is 13.8 Å². The second-order valence-electron chi connectivity index (χ2n) is 5.93. The van der Waals surface area contributed by atoms with Crippen molar-refractivity contribution in [1.82, 2.24) is 9.97 Å². The van der Waals surface area contributed by atoms with Gasteiger partial charge in [-0.1, -0.05) is 36.0 Å². The second kappa shape index (κ2) is 8.22. The molecule has 1 aromatic heterocycles. The molecule has 0 saturated carbocycles. The first-order valence-corrected chi connectivity index (χ1v) is 9.17. The van der Waals surface area contributed by atoms with Crippen molar-refractivity contribution in [3.63, 3.8) is 0 Å². The number of nitrogens with one attached hydrogen (secondary N) is 2. The van der Waals surface area contributed by atoms with Crippen molar-refractivity contribution >= 4 is 29.2 Å². The Balaban J connectivity index is 1.76. The third-order valence-electron chi connectivity index (χ3n) is 3.97. The van der Waals surface area contributed by atoms with Gasteiger partial charge in [0.05, 0.1) is 0 Å². The number of rotatable bonds is 5. The molecule has 28 heavy (non-hydrogen) atoms. The summed E-state index contributed by atoms with van der Waals surface area (Å²) < 4.78 is 26.3. The van der Waals surface area contributed by atoms with Crippen LogP contribution in [0.2, 0.25) is 0 Å². The summed E-state index contributed by atoms with van der Waals surface area (Å²) in [5, 5.41) is 2.59. The largest absolute Gasteiger partial charge is 0.382 e. The highest BCUT2D eigenvalue weighted by Gasteiger charge is 2.15. The number of carbonyl (C=O) groups excluding carboxylic acids is 1. The van der Waals surface area contributed by atoms with Gasteiger partial charge < -0.3 is 11.1 Å². The number of hydrogen-bond acceptors (Lipinski definition) is 5. The molecule has 2 aromatic carbocycles. The van der Waals surface area contributed by atoms with E-state index >= 15 is 0 Å². The highest BCUT2D eigenvalue weighted by molar-refractivity contribution is 7.98. The van der Waals surface area contributed by atoms with Crippen LogP contribution in [0, 0.1) is 18.6 Å². The normalized spacial score (nSPS) is 10.7. The number of halogens is 2. The van der Waals surface area contributed by atoms with E-state index < -0.39 is 23.1 Å². The Morgan fingerprint density at radius 1 is 1.21 bits per heavy atom. The van der Waals surface area contributed by atoms with E-state index in [9.17, 15) is 18.4 Å². The van der Waals surface area contributed by atoms with Gasteiger partial charge in [0.25, 0.3) is 11.5 Å². The molecule has 0 bridgehead atoms. The molecule has 0 fully saturated rings. The fraction of sp³-hybridized carbons (Fsp3) is 0.105. The summed E-state index contributed by atoms with van der Waals surface area (Å²) in [7, 11) is 0. The lowest BCUT2D eigenvalue weighted by Gasteiger charge is -2.09. The Kier molecular flexibility index (Phi) is 5.74. The molecule has 6 nitrogen and oxygen atoms in total. The van der Waals surface area contributed by atoms with Crippen LogP contribution in [0.1, 0.15) is 21.5 Å². The number of aromatic nitrogens is 2. The summed E-state index contributed by atoms with van der Waals surface area (Å²) in [5.41, 5.74) is 6.95. The molecule has 0 radical (unpaired) electrons. The average Bonchev–Trinajstić information content (AvgIpc) is 2.66. The zero-order chi connectivity index (χ0) is 20.3. The Labute approximate surface area is 163 Å². The van der Waals surface area contributed by atoms with E-state index in [0.29, 0.717) is 10.9 Å². The number of nitrogens with two attached hydrogens (primary N) is 1. The number of nitrogen functional groups attached to an aromatic ring is 1. The average molecular weight is 402 g/mol. The molecular formula is C19H16F2N4O2S. The summed E-state index contributed by atoms with van der Waals surface area (Å²) in [6.07, 6.45) is 0. The van der Waals surface area contributed by atoms with Crippen LogP contribution in [0.5, 0.6) is 0 Å². The Bertz CT molecular complexity index is 1100. The standard InChI is InChI=1S/C19H16F2N4O2S/c1-10-4-2-3-5-12(10)9-28-19-24-16(22)15(18(27)25-19)23-17(26)11-6-7-13(20)14(21)8-11/h2-8H,9H2,1H3,(H,23,26)(H3,22,24,25,27). The van der Waals surface area contributed by atoms with Gasteiger partial charge >= 0.3 is 0 Å². The maximum absolute atomic E-state index is 13.3. The molecule has 0 aliphatic heterocycles. The van der Waals surface area contributed by atoms with Crippen molar-refractivity contribution < 1.29 is 13.6 Å². The number of thioether (sulfide) groups is 1. The molecule has 144 valence electrons. The molecule has 0 aliphatic rings. The molecule has 1 amide bonds. The minimum absolute atomic E-state index is 0.157. The van der Waals surface area contributed by atoms with Crippen molar-refractivity contribution in [2.75, 3.05) is 11.1 Å². The summed E-state index contributed by atoms with van der Waals surface area (Å²) in [5.74, 6) is -2.65. The van der Waals surface area contributed by atoms with E-state index in [0.717, 1.165) is 29.3 Å². The number of anilines is 2. The summed E-state index contributed by atoms with van der Waals surface area (Å²) in [4.78, 5) is 31.1. The second-order valence-corrected chi connectivity index (χ2v) is 6.89. The maximum Gasteiger partial charge on any atom is 0.277 e. The van der Waals surface area contributed by atoms with E-state index in [4.69, 9.17) is 5.73 Å². The van der Waals surface area contributed by atoms with Gasteiger partial charge in [0, 0.05) is 11.3 Å². The fourth-order valence-electron chi connectivity index (χ4n) is 2.40. The molecule has 4 N–H and O–H groups in total. The molecule has 0 spiro atoms. The van der Waals surface area contributed by atoms with Crippen molar-refractivity contribution in [2.45, 2.75) is 17.8 Å². The predicted molar refractivity (Wildman–Crippen MR) is 104 cm³/mol. The minimum Gasteiger partial charge on any atom is -0.382 e. The SMILES string of the molecule is Cc1ccccc1CSc1nc(N)c(NC(=O)c2ccc(F)c(F)c2)c(=O)[nH]1. The Hall–Kier alpha value is -3.20. The Morgan fingerprint density at radius 3 is 2.64 bits per heavy atom. The first kappa shape index (κ1) is 19.6. The van der Waals surface area contributed by atoms with Gasteiger partial charge in [-0.15, -0.1) is 0 Å². The van der Waals surface area contributed by atoms with Gasteiger partial charge in [-0.05, 0) is 36.2 Å². The number of carbonyl (C=O) groups is 1. The van der Waals surface area contributed by atoms with Crippen molar-refractivity contribution in [3.05, 3.63) is 81.1 Å². The first-order chi connectivity index (χ1) is 13.3. The Morgan fingerprint density at radius 2 is 1.96 bits per heavy atom. The lowest BCUT2D eigenvalue weighted by Crippen LogP contribution is -2.23. The fourth-order valence-corrected chi connectivity index (χ4v) is 3.34. The maximum atomic E-state index is 13.3. The van der Waals surface area contributed by atoms with Crippen molar-refractivity contribution in [2.24, 2.45) is 0 Å². The molecule has 9 heteroatoms. The molecule has 0 aliphatic carbocycles. The zero-order valence-corrected chi connectivity index (χ0v) is 15.6. The number of benzene rings is 2. The number of hydrogen-bond donors (Lipinski definition) is 3. The molecule has 0 unspecified atom stereocenters. The number of aryl methyl sites for hydroxylation is 1. The van der Waals surface area contributed by atoms with E-state index in [1.165, 1.54) is 11.8 Å². The van der Waals surface area contributed by atoms with Crippen LogP contribution in [0.25, 0.3) is 0 Å². The third-order valence-corrected chi connectivity index (χ3v) is 4.89. The summed E-state index contributed by atoms with van der Waals surface area (Å²) in [6.45, 7) is 1.98. The van der Waals surface area contributed by atoms with Crippen LogP contribution in [-0.4, -0.2) is 15.9 Å². The van der Waals surface area contributed by atoms with Crippen LogP contribution in [-0.2, 0) is 5.75 Å². The van der Waals surface area contributed by atoms with Crippen LogP contribution in [0.3, 0.4) is 0 Å². The number of H-pyrrole nitrogens is 1. The molecule has 3 rings (SSSR count). The van der Waals surface area contributed by atoms with E-state index in [-0.39, 0.29) is 17.1 Å². The highest BCUT2D eigenvalue weighted by atomic mass is 32.2. The number of aromatic amines is 1. The summed E-state index contributed by atoms with van der Waals surface area (Å²) in [6, 6.07) is 10.5. The van der Waals surface area contributed by atoms with Gasteiger partial charge in [0.2, 0.25) is 0 Å². The topological polar surface area (TPSA) is 101 Å². The monoisotopic (exact) mass is 402 g/mol. The van der Waals surface area contributed by atoms with Gasteiger partial charge in [-0.3, -0.25) is 14.6 Å². The molecule has 0 saturated heterocycles. The van der Waals surface area contributed by atoms with Crippen LogP contribution in [0.4, 0.5) is 20.3 Å². The molecule has 0 atom stereocenters. The van der Waals surface area contributed by atoms with Crippen LogP contribution < -0.4 is 16.6 Å². The van der Waals surface area contributed by atoms with Gasteiger partial charge in [0.1, 0.15) is 5.69 Å². The van der Waals surface area contributed by atoms with Crippen LogP contribution in [0.15, 0.2) is 52.4 Å². The lowest BCUT2D eigenvalue weighted by molar-refractivity contribution is 0.102. The summed E-state index contributed by atoms with van der Waals surface area (Å²) >= 11 is 1.29.